The Morgan fingerprint density at radius 3 is 1.67 bits per heavy atom. The molecule has 88 heavy (non-hydrogen) atoms. The van der Waals surface area contributed by atoms with Crippen molar-refractivity contribution < 1.29 is 57.1 Å². The summed E-state index contributed by atoms with van der Waals surface area (Å²) in [5, 5.41) is 0.662. The number of anilines is 2. The number of thioether (sulfide) groups is 1. The average molecular weight is 1320 g/mol. The molecule has 4 aromatic heterocycles. The van der Waals surface area contributed by atoms with Gasteiger partial charge in [-0.05, 0) is 144 Å². The van der Waals surface area contributed by atoms with Crippen LogP contribution < -0.4 is 30.4 Å². The van der Waals surface area contributed by atoms with Crippen molar-refractivity contribution >= 4 is 104 Å². The molecule has 0 spiro atoms. The molecule has 4 aliphatic heterocycles. The van der Waals surface area contributed by atoms with Gasteiger partial charge in [-0.2, -0.15) is 0 Å². The SMILES string of the molecule is CC(C)(C)OC(=O)N1CCC(CCn2c(Br)nc3c(N)ncnc32)CC1.CC(C)(C)OC(=O)N1CCC(CCn2c(Sc3cc4c(cc3C=O)OCO4)nc3c(N)ncnc32)CC1.CCCCC(CC)COC(=O)CCSc1cc2c(cc1C=O)OCO2. The molecule has 0 saturated carbocycles. The van der Waals surface area contributed by atoms with E-state index in [1.807, 2.05) is 50.7 Å². The number of rotatable bonds is 20. The van der Waals surface area contributed by atoms with Crippen molar-refractivity contribution in [1.29, 1.82) is 0 Å². The second-order valence-electron chi connectivity index (χ2n) is 23.9. The van der Waals surface area contributed by atoms with Gasteiger partial charge in [0.25, 0.3) is 0 Å². The molecule has 1 unspecified atom stereocenters. The van der Waals surface area contributed by atoms with Gasteiger partial charge < -0.3 is 63.6 Å². The van der Waals surface area contributed by atoms with Gasteiger partial charge in [0, 0.05) is 65.9 Å². The van der Waals surface area contributed by atoms with E-state index in [1.54, 1.807) is 34.1 Å². The molecule has 2 amide bonds. The van der Waals surface area contributed by atoms with Gasteiger partial charge in [0.1, 0.15) is 23.9 Å². The molecule has 6 aromatic rings. The van der Waals surface area contributed by atoms with E-state index in [-0.39, 0.29) is 31.7 Å². The zero-order valence-electron chi connectivity index (χ0n) is 51.4. The number of fused-ring (bicyclic) bond motifs is 4. The third kappa shape index (κ3) is 18.3. The van der Waals surface area contributed by atoms with E-state index in [0.717, 1.165) is 101 Å². The zero-order chi connectivity index (χ0) is 63.1. The van der Waals surface area contributed by atoms with Crippen LogP contribution in [0.15, 0.2) is 56.6 Å². The average Bonchev–Trinajstić information content (AvgIpc) is 2.64. The number of ether oxygens (including phenoxy) is 7. The Labute approximate surface area is 529 Å². The van der Waals surface area contributed by atoms with Gasteiger partial charge in [0.2, 0.25) is 13.6 Å². The Hall–Kier alpha value is -7.13. The molecule has 2 saturated heterocycles. The van der Waals surface area contributed by atoms with Gasteiger partial charge in [0.05, 0.1) is 13.0 Å². The number of benzene rings is 2. The van der Waals surface area contributed by atoms with Gasteiger partial charge in [-0.25, -0.2) is 39.5 Å². The molecule has 0 bridgehead atoms. The normalized spacial score (nSPS) is 15.3. The quantitative estimate of drug-likeness (QED) is 0.0236. The molecule has 27 heteroatoms. The number of piperidine rings is 2. The molecular formula is C61H81BrN12O12S2. The van der Waals surface area contributed by atoms with Crippen molar-refractivity contribution in [2.45, 2.75) is 165 Å². The summed E-state index contributed by atoms with van der Waals surface area (Å²) in [5.74, 6) is 4.87. The van der Waals surface area contributed by atoms with Crippen molar-refractivity contribution in [2.75, 3.05) is 63.6 Å². The van der Waals surface area contributed by atoms with Crippen LogP contribution in [0, 0.1) is 17.8 Å². The van der Waals surface area contributed by atoms with Crippen LogP contribution in [-0.2, 0) is 32.1 Å². The summed E-state index contributed by atoms with van der Waals surface area (Å²) < 4.78 is 42.6. The number of aldehydes is 2. The number of amides is 2. The summed E-state index contributed by atoms with van der Waals surface area (Å²) in [6.07, 6.45) is 14.4. The minimum atomic E-state index is -0.504. The number of hydrogen-bond acceptors (Lipinski definition) is 22. The predicted molar refractivity (Wildman–Crippen MR) is 337 cm³/mol. The van der Waals surface area contributed by atoms with Crippen LogP contribution >= 0.6 is 39.5 Å². The maximum absolute atomic E-state index is 12.4. The number of unbranched alkanes of at least 4 members (excludes halogenated alkanes) is 1. The lowest BCUT2D eigenvalue weighted by atomic mass is 9.94. The van der Waals surface area contributed by atoms with Crippen molar-refractivity contribution in [3.63, 3.8) is 0 Å². The van der Waals surface area contributed by atoms with E-state index in [0.29, 0.717) is 133 Å². The molecular weight excluding hydrogens is 1240 g/mol. The van der Waals surface area contributed by atoms with Crippen molar-refractivity contribution in [3.05, 3.63) is 52.8 Å². The van der Waals surface area contributed by atoms with E-state index in [1.165, 1.54) is 42.6 Å². The number of nitrogen functional groups attached to an aromatic ring is 2. The molecule has 4 aliphatic rings. The summed E-state index contributed by atoms with van der Waals surface area (Å²) in [5.41, 5.74) is 14.6. The fraction of sp³-hybridized carbons (Fsp3) is 0.557. The molecule has 2 aromatic carbocycles. The first-order valence-electron chi connectivity index (χ1n) is 29.9. The molecule has 8 heterocycles. The first-order chi connectivity index (χ1) is 42.1. The molecule has 0 aliphatic carbocycles. The van der Waals surface area contributed by atoms with E-state index < -0.39 is 11.2 Å². The fourth-order valence-corrected chi connectivity index (χ4v) is 12.7. The number of likely N-dealkylation sites (tertiary alicyclic amines) is 2. The lowest BCUT2D eigenvalue weighted by Gasteiger charge is -2.33. The number of imidazole rings is 2. The van der Waals surface area contributed by atoms with Gasteiger partial charge in [0.15, 0.2) is 79.4 Å². The van der Waals surface area contributed by atoms with Crippen LogP contribution in [0.5, 0.6) is 23.0 Å². The first kappa shape index (κ1) is 66.8. The molecule has 2 fully saturated rings. The largest absolute Gasteiger partial charge is 0.465 e. The zero-order valence-corrected chi connectivity index (χ0v) is 54.6. The number of esters is 1. The lowest BCUT2D eigenvalue weighted by Crippen LogP contribution is -2.41. The van der Waals surface area contributed by atoms with Crippen LogP contribution in [0.3, 0.4) is 0 Å². The summed E-state index contributed by atoms with van der Waals surface area (Å²) in [4.78, 5) is 90.5. The number of hydrogen-bond donors (Lipinski definition) is 2. The lowest BCUT2D eigenvalue weighted by molar-refractivity contribution is -0.144. The van der Waals surface area contributed by atoms with Crippen molar-refractivity contribution in [2.24, 2.45) is 17.8 Å². The van der Waals surface area contributed by atoms with Gasteiger partial charge in [-0.3, -0.25) is 14.4 Å². The van der Waals surface area contributed by atoms with E-state index in [9.17, 15) is 24.0 Å². The smallest absolute Gasteiger partial charge is 0.410 e. The van der Waals surface area contributed by atoms with Crippen LogP contribution in [0.25, 0.3) is 22.3 Å². The monoisotopic (exact) mass is 1320 g/mol. The second kappa shape index (κ2) is 30.9. The van der Waals surface area contributed by atoms with Crippen LogP contribution in [0.4, 0.5) is 21.2 Å². The number of halogens is 1. The molecule has 1 atom stereocenters. The van der Waals surface area contributed by atoms with Gasteiger partial charge in [-0.1, -0.05) is 44.9 Å². The predicted octanol–water partition coefficient (Wildman–Crippen LogP) is 11.8. The number of aryl methyl sites for hydroxylation is 2. The Balaban J connectivity index is 0.000000176. The number of carbonyl (C=O) groups is 5. The maximum atomic E-state index is 12.4. The number of aromatic nitrogens is 8. The third-order valence-corrected chi connectivity index (χ3v) is 17.9. The highest BCUT2D eigenvalue weighted by molar-refractivity contribution is 9.10. The Kier molecular flexibility index (Phi) is 23.4. The second-order valence-corrected chi connectivity index (χ2v) is 26.7. The maximum Gasteiger partial charge on any atom is 0.410 e. The Bertz CT molecular complexity index is 3390. The molecule has 24 nitrogen and oxygen atoms in total. The van der Waals surface area contributed by atoms with Gasteiger partial charge in [-0.15, -0.1) is 11.8 Å². The van der Waals surface area contributed by atoms with E-state index in [2.05, 4.69) is 54.7 Å². The first-order valence-corrected chi connectivity index (χ1v) is 32.5. The highest BCUT2D eigenvalue weighted by Gasteiger charge is 2.30. The number of nitrogens with two attached hydrogens (primary N) is 2. The fourth-order valence-electron chi connectivity index (χ4n) is 10.2. The minimum Gasteiger partial charge on any atom is -0.465 e. The van der Waals surface area contributed by atoms with Gasteiger partial charge >= 0.3 is 18.2 Å². The minimum absolute atomic E-state index is 0.124. The van der Waals surface area contributed by atoms with Crippen molar-refractivity contribution in [3.8, 4) is 23.0 Å². The summed E-state index contributed by atoms with van der Waals surface area (Å²) in [6, 6.07) is 6.94. The number of nitrogens with zero attached hydrogens (tertiary/aromatic N) is 10. The Morgan fingerprint density at radius 2 is 1.17 bits per heavy atom. The standard InChI is InChI=1S/C25H30N6O5S.C19H26O5S.C17H25BrN6O2/c1-25(2,3)36-24(33)30-7-4-15(5-8-30)6-9-31-22-20(21(26)27-13-28-22)29-23(31)37-19-11-18-17(34-14-35-18)10-16(19)12-32;1-3-5-6-14(4-2)12-22-19(21)7-8-25-18-10-17-16(23-13-24-17)9-15(18)11-20;1-17(2,3)26-16(25)23-7-4-11(5-8-23)6-9-24-14-12(22-15(24)18)13(19)20-10-21-14/h10-13,15H,4-9,14H2,1-3H3,(H2,26,27,28);9-11,14H,3-8,12-13H2,1-2H3;10-11H,4-9H2,1-3H3,(H2,19,20,21). The molecule has 10 rings (SSSR count). The Morgan fingerprint density at radius 1 is 0.693 bits per heavy atom. The topological polar surface area (TPSA) is 296 Å². The highest BCUT2D eigenvalue weighted by atomic mass is 79.9. The third-order valence-electron chi connectivity index (χ3n) is 15.1. The van der Waals surface area contributed by atoms with Crippen LogP contribution in [0.2, 0.25) is 0 Å². The molecule has 0 radical (unpaired) electrons. The summed E-state index contributed by atoms with van der Waals surface area (Å²) in [7, 11) is 0. The molecule has 4 N–H and O–H groups in total. The van der Waals surface area contributed by atoms with E-state index >= 15 is 0 Å². The summed E-state index contributed by atoms with van der Waals surface area (Å²) in [6.45, 7) is 20.7. The summed E-state index contributed by atoms with van der Waals surface area (Å²) >= 11 is 6.29. The number of carbonyl (C=O) groups excluding carboxylic acids is 5. The van der Waals surface area contributed by atoms with Crippen LogP contribution in [-0.4, -0.2) is 143 Å². The molecule has 476 valence electrons. The van der Waals surface area contributed by atoms with E-state index in [4.69, 9.17) is 49.6 Å². The van der Waals surface area contributed by atoms with Crippen molar-refractivity contribution in [1.82, 2.24) is 48.8 Å². The van der Waals surface area contributed by atoms with Crippen LogP contribution in [0.1, 0.15) is 147 Å². The highest BCUT2D eigenvalue weighted by Crippen LogP contribution is 2.42.